The van der Waals surface area contributed by atoms with Crippen LogP contribution < -0.4 is 5.32 Å². The van der Waals surface area contributed by atoms with Gasteiger partial charge < -0.3 is 9.88 Å². The Morgan fingerprint density at radius 2 is 2.28 bits per heavy atom. The van der Waals surface area contributed by atoms with Crippen molar-refractivity contribution in [1.82, 2.24) is 20.1 Å². The van der Waals surface area contributed by atoms with E-state index in [1.54, 1.807) is 6.33 Å². The van der Waals surface area contributed by atoms with Crippen molar-refractivity contribution in [3.05, 3.63) is 12.2 Å². The molecule has 1 aromatic heterocycles. The summed E-state index contributed by atoms with van der Waals surface area (Å²) in [5.74, 6) is 1.84. The van der Waals surface area contributed by atoms with Crippen LogP contribution in [0.2, 0.25) is 0 Å². The first kappa shape index (κ1) is 12.1. The van der Waals surface area contributed by atoms with E-state index in [9.17, 15) is 8.42 Å². The molecule has 2 unspecified atom stereocenters. The minimum absolute atomic E-state index is 0.0296. The predicted molar refractivity (Wildman–Crippen MR) is 67.2 cm³/mol. The van der Waals surface area contributed by atoms with Gasteiger partial charge in [0.1, 0.15) is 12.2 Å². The molecule has 100 valence electrons. The molecule has 3 rings (SSSR count). The van der Waals surface area contributed by atoms with E-state index >= 15 is 0 Å². The number of piperidine rings is 1. The molecule has 1 aromatic rings. The Kier molecular flexibility index (Phi) is 3.11. The molecule has 0 aliphatic carbocycles. The van der Waals surface area contributed by atoms with Crippen LogP contribution in [-0.4, -0.2) is 47.8 Å². The fourth-order valence-electron chi connectivity index (χ4n) is 2.89. The lowest BCUT2D eigenvalue weighted by Crippen LogP contribution is -2.30. The maximum atomic E-state index is 11.6. The van der Waals surface area contributed by atoms with Crippen molar-refractivity contribution >= 4 is 9.84 Å². The van der Waals surface area contributed by atoms with Crippen LogP contribution in [0.15, 0.2) is 6.33 Å². The molecule has 3 heterocycles. The van der Waals surface area contributed by atoms with E-state index in [4.69, 9.17) is 0 Å². The summed E-state index contributed by atoms with van der Waals surface area (Å²) in [5.41, 5.74) is 0. The van der Waals surface area contributed by atoms with Crippen molar-refractivity contribution in [2.24, 2.45) is 0 Å². The van der Waals surface area contributed by atoms with Crippen LogP contribution in [0.25, 0.3) is 0 Å². The second kappa shape index (κ2) is 4.62. The molecule has 0 bridgehead atoms. The van der Waals surface area contributed by atoms with Crippen LogP contribution in [-0.2, 0) is 9.84 Å². The van der Waals surface area contributed by atoms with Crippen LogP contribution in [0.4, 0.5) is 0 Å². The number of rotatable bonds is 2. The summed E-state index contributed by atoms with van der Waals surface area (Å²) in [4.78, 5) is 0. The highest BCUT2D eigenvalue weighted by atomic mass is 32.2. The van der Waals surface area contributed by atoms with Gasteiger partial charge in [-0.1, -0.05) is 0 Å². The third-order valence-corrected chi connectivity index (χ3v) is 5.61. The van der Waals surface area contributed by atoms with Gasteiger partial charge in [-0.05, 0) is 25.8 Å². The standard InChI is InChI=1S/C11H18N4O2S/c16-18(17)5-3-10(7-18)15-8-13-14-11(15)9-2-1-4-12-6-9/h8-10,12H,1-7H2. The summed E-state index contributed by atoms with van der Waals surface area (Å²) in [7, 11) is -2.86. The van der Waals surface area contributed by atoms with Crippen molar-refractivity contribution in [3.8, 4) is 0 Å². The third-order valence-electron chi connectivity index (χ3n) is 3.86. The van der Waals surface area contributed by atoms with Gasteiger partial charge in [-0.3, -0.25) is 0 Å². The summed E-state index contributed by atoms with van der Waals surface area (Å²) < 4.78 is 25.1. The van der Waals surface area contributed by atoms with E-state index in [-0.39, 0.29) is 17.5 Å². The highest BCUT2D eigenvalue weighted by Crippen LogP contribution is 2.28. The first-order chi connectivity index (χ1) is 8.66. The third kappa shape index (κ3) is 2.29. The van der Waals surface area contributed by atoms with E-state index < -0.39 is 9.84 Å². The Morgan fingerprint density at radius 3 is 2.94 bits per heavy atom. The zero-order valence-corrected chi connectivity index (χ0v) is 11.1. The molecule has 6 nitrogen and oxygen atoms in total. The smallest absolute Gasteiger partial charge is 0.152 e. The van der Waals surface area contributed by atoms with Crippen molar-refractivity contribution in [2.45, 2.75) is 31.2 Å². The molecule has 2 fully saturated rings. The summed E-state index contributed by atoms with van der Waals surface area (Å²) in [6.07, 6.45) is 4.62. The number of nitrogens with one attached hydrogen (secondary N) is 1. The first-order valence-corrected chi connectivity index (χ1v) is 8.28. The molecule has 0 spiro atoms. The molecule has 2 saturated heterocycles. The lowest BCUT2D eigenvalue weighted by molar-refractivity contribution is 0.417. The normalized spacial score (nSPS) is 31.6. The van der Waals surface area contributed by atoms with E-state index in [1.165, 1.54) is 0 Å². The maximum Gasteiger partial charge on any atom is 0.152 e. The predicted octanol–water partition coefficient (Wildman–Crippen LogP) is 0.105. The lowest BCUT2D eigenvalue weighted by atomic mass is 9.98. The average molecular weight is 270 g/mol. The number of nitrogens with zero attached hydrogens (tertiary/aromatic N) is 3. The van der Waals surface area contributed by atoms with Gasteiger partial charge in [0.25, 0.3) is 0 Å². The fraction of sp³-hybridized carbons (Fsp3) is 0.818. The zero-order valence-electron chi connectivity index (χ0n) is 10.2. The summed E-state index contributed by atoms with van der Waals surface area (Å²) >= 11 is 0. The van der Waals surface area contributed by atoms with Gasteiger partial charge in [-0.2, -0.15) is 0 Å². The van der Waals surface area contributed by atoms with Gasteiger partial charge in [-0.15, -0.1) is 10.2 Å². The van der Waals surface area contributed by atoms with E-state index in [1.807, 2.05) is 4.57 Å². The molecule has 7 heteroatoms. The summed E-state index contributed by atoms with van der Waals surface area (Å²) in [6.45, 7) is 1.97. The number of sulfone groups is 1. The maximum absolute atomic E-state index is 11.6. The molecule has 2 aliphatic heterocycles. The number of hydrogen-bond acceptors (Lipinski definition) is 5. The van der Waals surface area contributed by atoms with Crippen LogP contribution in [0.3, 0.4) is 0 Å². The molecule has 0 amide bonds. The van der Waals surface area contributed by atoms with Gasteiger partial charge in [-0.25, -0.2) is 8.42 Å². The van der Waals surface area contributed by atoms with Gasteiger partial charge >= 0.3 is 0 Å². The van der Waals surface area contributed by atoms with Gasteiger partial charge in [0, 0.05) is 12.5 Å². The van der Waals surface area contributed by atoms with Crippen molar-refractivity contribution in [3.63, 3.8) is 0 Å². The Hall–Kier alpha value is -0.950. The summed E-state index contributed by atoms with van der Waals surface area (Å²) in [6, 6.07) is 0.0296. The van der Waals surface area contributed by atoms with Crippen LogP contribution in [0.1, 0.15) is 37.0 Å². The largest absolute Gasteiger partial charge is 0.316 e. The van der Waals surface area contributed by atoms with Gasteiger partial charge in [0.15, 0.2) is 9.84 Å². The number of aromatic nitrogens is 3. The fourth-order valence-corrected chi connectivity index (χ4v) is 4.60. The Morgan fingerprint density at radius 1 is 1.39 bits per heavy atom. The van der Waals surface area contributed by atoms with E-state index in [2.05, 4.69) is 15.5 Å². The second-order valence-electron chi connectivity index (χ2n) is 5.20. The van der Waals surface area contributed by atoms with Crippen LogP contribution in [0.5, 0.6) is 0 Å². The topological polar surface area (TPSA) is 76.9 Å². The molecule has 18 heavy (non-hydrogen) atoms. The molecule has 2 atom stereocenters. The van der Waals surface area contributed by atoms with E-state index in [0.717, 1.165) is 31.8 Å². The Bertz CT molecular complexity index is 519. The molecule has 0 aromatic carbocycles. The average Bonchev–Trinajstić information content (AvgIpc) is 2.96. The molecular formula is C11H18N4O2S. The van der Waals surface area contributed by atoms with E-state index in [0.29, 0.717) is 12.3 Å². The highest BCUT2D eigenvalue weighted by Gasteiger charge is 2.32. The van der Waals surface area contributed by atoms with Gasteiger partial charge in [0.05, 0.1) is 17.5 Å². The van der Waals surface area contributed by atoms with Crippen molar-refractivity contribution in [1.29, 1.82) is 0 Å². The summed E-state index contributed by atoms with van der Waals surface area (Å²) in [5, 5.41) is 11.5. The Labute approximate surface area is 107 Å². The minimum atomic E-state index is -2.86. The zero-order chi connectivity index (χ0) is 12.6. The molecule has 0 saturated carbocycles. The molecule has 1 N–H and O–H groups in total. The van der Waals surface area contributed by atoms with Crippen LogP contribution >= 0.6 is 0 Å². The molecular weight excluding hydrogens is 252 g/mol. The second-order valence-corrected chi connectivity index (χ2v) is 7.43. The number of hydrogen-bond donors (Lipinski definition) is 1. The quantitative estimate of drug-likeness (QED) is 0.825. The SMILES string of the molecule is O=S1(=O)CCC(n2cnnc2C2CCCNC2)C1. The molecule has 2 aliphatic rings. The minimum Gasteiger partial charge on any atom is -0.316 e. The lowest BCUT2D eigenvalue weighted by Gasteiger charge is -2.24. The van der Waals surface area contributed by atoms with Crippen molar-refractivity contribution < 1.29 is 8.42 Å². The molecule has 0 radical (unpaired) electrons. The monoisotopic (exact) mass is 270 g/mol. The Balaban J connectivity index is 1.83. The van der Waals surface area contributed by atoms with Crippen molar-refractivity contribution in [2.75, 3.05) is 24.6 Å². The van der Waals surface area contributed by atoms with Gasteiger partial charge in [0.2, 0.25) is 0 Å². The van der Waals surface area contributed by atoms with Crippen LogP contribution in [0, 0.1) is 0 Å². The highest BCUT2D eigenvalue weighted by molar-refractivity contribution is 7.91. The first-order valence-electron chi connectivity index (χ1n) is 6.46.